The van der Waals surface area contributed by atoms with E-state index in [-0.39, 0.29) is 10.8 Å². The van der Waals surface area contributed by atoms with Gasteiger partial charge in [0.15, 0.2) is 12.7 Å². The molecule has 1 aromatic carbocycles. The third-order valence-corrected chi connectivity index (χ3v) is 18.1. The van der Waals surface area contributed by atoms with E-state index in [1.54, 1.807) is 16.6 Å². The van der Waals surface area contributed by atoms with Gasteiger partial charge in [0.1, 0.15) is 0 Å². The molecule has 0 bridgehead atoms. The number of benzene rings is 1. The monoisotopic (exact) mass is 704 g/mol. The predicted molar refractivity (Wildman–Crippen MR) is 215 cm³/mol. The third kappa shape index (κ3) is 4.90. The second-order valence-corrected chi connectivity index (χ2v) is 22.5. The fourth-order valence-electron chi connectivity index (χ4n) is 16.0. The van der Waals surface area contributed by atoms with Crippen LogP contribution in [-0.2, 0) is 15.6 Å². The first-order chi connectivity index (χ1) is 25.1. The molecule has 52 heavy (non-hydrogen) atoms. The molecule has 11 rings (SSSR count). The van der Waals surface area contributed by atoms with Gasteiger partial charge in [0.25, 0.3) is 0 Å². The number of guanidine groups is 1. The highest BCUT2D eigenvalue weighted by atomic mass is 16.5. The molecule has 6 saturated carbocycles. The number of hydrogen-bond acceptors (Lipinski definition) is 4. The molecule has 0 aromatic heterocycles. The average Bonchev–Trinajstić information content (AvgIpc) is 3.72. The van der Waals surface area contributed by atoms with E-state index < -0.39 is 0 Å². The van der Waals surface area contributed by atoms with Gasteiger partial charge in [0.05, 0.1) is 24.3 Å². The summed E-state index contributed by atoms with van der Waals surface area (Å²) in [6.45, 7) is 15.3. The molecule has 4 aliphatic heterocycles. The number of aliphatic imine (C=N–C) groups is 1. The summed E-state index contributed by atoms with van der Waals surface area (Å²) in [5.41, 5.74) is 5.05. The van der Waals surface area contributed by atoms with Crippen molar-refractivity contribution in [2.24, 2.45) is 40.5 Å². The summed E-state index contributed by atoms with van der Waals surface area (Å²) in [5, 5.41) is 0. The van der Waals surface area contributed by atoms with Crippen LogP contribution in [0, 0.1) is 35.5 Å². The Labute approximate surface area is 317 Å². The molecular weight excluding hydrogens is 633 g/mol. The third-order valence-electron chi connectivity index (χ3n) is 18.1. The lowest BCUT2D eigenvalue weighted by molar-refractivity contribution is -0.0766. The van der Waals surface area contributed by atoms with Crippen LogP contribution < -0.4 is 5.46 Å². The molecule has 0 spiro atoms. The Morgan fingerprint density at radius 1 is 0.615 bits per heavy atom. The molecule has 5 heteroatoms. The van der Waals surface area contributed by atoms with Crippen LogP contribution in [0.1, 0.15) is 162 Å². The first kappa shape index (κ1) is 33.8. The van der Waals surface area contributed by atoms with Crippen LogP contribution in [0.3, 0.4) is 0 Å². The number of nitrogens with zero attached hydrogens (tertiary/aromatic N) is 3. The van der Waals surface area contributed by atoms with Crippen molar-refractivity contribution in [1.29, 1.82) is 0 Å². The molecule has 9 fully saturated rings. The Bertz CT molecular complexity index is 1560. The molecule has 0 N–H and O–H groups in total. The second kappa shape index (κ2) is 12.0. The van der Waals surface area contributed by atoms with Gasteiger partial charge in [-0.3, -0.25) is 0 Å². The molecule has 6 aliphatic carbocycles. The lowest BCUT2D eigenvalue weighted by Gasteiger charge is -2.68. The van der Waals surface area contributed by atoms with Crippen molar-refractivity contribution in [1.82, 2.24) is 9.80 Å². The van der Waals surface area contributed by atoms with Crippen molar-refractivity contribution in [2.45, 2.75) is 216 Å². The number of ether oxygens (including phenoxy) is 1. The van der Waals surface area contributed by atoms with E-state index in [0.717, 1.165) is 41.5 Å². The zero-order valence-corrected chi connectivity index (χ0v) is 33.7. The minimum atomic E-state index is 0.132. The van der Waals surface area contributed by atoms with Gasteiger partial charge in [-0.25, -0.2) is 4.99 Å². The molecule has 0 amide bonds. The number of hydrogen-bond donors (Lipinski definition) is 0. The van der Waals surface area contributed by atoms with Gasteiger partial charge in [0.2, 0.25) is 0 Å². The molecule has 15 unspecified atom stereocenters. The van der Waals surface area contributed by atoms with Crippen molar-refractivity contribution in [3.63, 3.8) is 0 Å². The second-order valence-electron chi connectivity index (χ2n) is 22.5. The largest absolute Gasteiger partial charge is 0.375 e. The summed E-state index contributed by atoms with van der Waals surface area (Å²) in [7, 11) is 0. The maximum Gasteiger partial charge on any atom is 0.198 e. The average molecular weight is 704 g/mol. The van der Waals surface area contributed by atoms with E-state index >= 15 is 0 Å². The van der Waals surface area contributed by atoms with Gasteiger partial charge in [-0.15, -0.1) is 0 Å². The minimum Gasteiger partial charge on any atom is -0.375 e. The van der Waals surface area contributed by atoms with Crippen LogP contribution in [-0.4, -0.2) is 64.9 Å². The van der Waals surface area contributed by atoms with E-state index in [9.17, 15) is 0 Å². The van der Waals surface area contributed by atoms with Crippen LogP contribution in [0.25, 0.3) is 0 Å². The summed E-state index contributed by atoms with van der Waals surface area (Å²) in [4.78, 5) is 12.4. The molecule has 1 aromatic rings. The SMILES string of the molecule is CC(C)(C)c1cc(B2C3CCC4CCCC5C4C3N(C3=NC4C6CCCCC6CCC4N35)C3CCC4C5CCCCC5OC4C23)cc(C(C)(C)C)c1. The van der Waals surface area contributed by atoms with Crippen LogP contribution in [0.5, 0.6) is 0 Å². The van der Waals surface area contributed by atoms with Gasteiger partial charge in [-0.2, -0.15) is 0 Å². The van der Waals surface area contributed by atoms with Crippen molar-refractivity contribution >= 4 is 18.1 Å². The molecule has 15 atom stereocenters. The fourth-order valence-corrected chi connectivity index (χ4v) is 16.0. The Kier molecular flexibility index (Phi) is 7.81. The Balaban J connectivity index is 1.09. The van der Waals surface area contributed by atoms with Crippen LogP contribution >= 0.6 is 0 Å². The minimum absolute atomic E-state index is 0.132. The van der Waals surface area contributed by atoms with E-state index in [1.165, 1.54) is 115 Å². The number of fused-ring (bicyclic) bond motifs is 13. The molecule has 282 valence electrons. The zero-order valence-electron chi connectivity index (χ0n) is 33.7. The lowest BCUT2D eigenvalue weighted by atomic mass is 9.22. The molecular formula is C47H70BN3O. The summed E-state index contributed by atoms with van der Waals surface area (Å²) in [6, 6.07) is 11.2. The van der Waals surface area contributed by atoms with Crippen LogP contribution in [0.2, 0.25) is 11.6 Å². The van der Waals surface area contributed by atoms with E-state index in [2.05, 4.69) is 69.5 Å². The van der Waals surface area contributed by atoms with E-state index in [1.807, 2.05) is 0 Å². The van der Waals surface area contributed by atoms with Crippen molar-refractivity contribution in [3.8, 4) is 0 Å². The quantitative estimate of drug-likeness (QED) is 0.273. The fraction of sp³-hybridized carbons (Fsp3) is 0.851. The maximum atomic E-state index is 7.57. The molecule has 4 heterocycles. The highest BCUT2D eigenvalue weighted by molar-refractivity contribution is 6.76. The van der Waals surface area contributed by atoms with Crippen molar-refractivity contribution < 1.29 is 4.74 Å². The summed E-state index contributed by atoms with van der Waals surface area (Å²) < 4.78 is 7.57. The van der Waals surface area contributed by atoms with Crippen molar-refractivity contribution in [2.75, 3.05) is 0 Å². The highest BCUT2D eigenvalue weighted by Gasteiger charge is 2.68. The first-order valence-electron chi connectivity index (χ1n) is 23.0. The zero-order chi connectivity index (χ0) is 35.3. The Morgan fingerprint density at radius 3 is 2.10 bits per heavy atom. The predicted octanol–water partition coefficient (Wildman–Crippen LogP) is 9.75. The first-order valence-corrected chi connectivity index (χ1v) is 23.0. The van der Waals surface area contributed by atoms with E-state index in [0.29, 0.717) is 54.7 Å². The molecule has 10 aliphatic rings. The van der Waals surface area contributed by atoms with Gasteiger partial charge >= 0.3 is 0 Å². The van der Waals surface area contributed by atoms with Gasteiger partial charge in [-0.05, 0) is 121 Å². The normalized spacial score (nSPS) is 46.2. The Hall–Kier alpha value is -1.49. The highest BCUT2D eigenvalue weighted by Crippen LogP contribution is 2.63. The molecule has 4 nitrogen and oxygen atoms in total. The van der Waals surface area contributed by atoms with Gasteiger partial charge < -0.3 is 14.5 Å². The smallest absolute Gasteiger partial charge is 0.198 e. The van der Waals surface area contributed by atoms with Crippen LogP contribution in [0.4, 0.5) is 0 Å². The summed E-state index contributed by atoms with van der Waals surface area (Å²) in [6.07, 6.45) is 25.0. The molecule has 3 saturated heterocycles. The summed E-state index contributed by atoms with van der Waals surface area (Å²) >= 11 is 0. The lowest BCUT2D eigenvalue weighted by Crippen LogP contribution is -2.77. The standard InChI is InChI=1S/C47H70BN3O/c1-46(2,3)29-24-30(47(4,5)6)26-31(25-29)48-35-21-18-28-13-11-16-36-40(28)43(35)51(37-23-20-34-33-15-9-10-17-39(33)52-44(34)41(37)48)45-49-42-32-14-8-7-12-27(32)19-22-38(42)50(36)45/h24-28,32-44H,7-23H2,1-6H3. The van der Waals surface area contributed by atoms with E-state index in [4.69, 9.17) is 9.73 Å². The van der Waals surface area contributed by atoms with Gasteiger partial charge in [-0.1, -0.05) is 117 Å². The van der Waals surface area contributed by atoms with Crippen LogP contribution in [0.15, 0.2) is 23.2 Å². The topological polar surface area (TPSA) is 28.1 Å². The maximum absolute atomic E-state index is 7.57. The number of rotatable bonds is 1. The summed E-state index contributed by atoms with van der Waals surface area (Å²) in [5.74, 6) is 7.85. The van der Waals surface area contributed by atoms with Crippen molar-refractivity contribution in [3.05, 3.63) is 29.3 Å². The van der Waals surface area contributed by atoms with Gasteiger partial charge in [0, 0.05) is 24.0 Å². The molecule has 0 radical (unpaired) electrons. The Morgan fingerprint density at radius 2 is 1.31 bits per heavy atom.